The van der Waals surface area contributed by atoms with E-state index in [0.29, 0.717) is 19.1 Å². The predicted molar refractivity (Wildman–Crippen MR) is 73.3 cm³/mol. The average molecular weight is 279 g/mol. The summed E-state index contributed by atoms with van der Waals surface area (Å²) in [6.07, 6.45) is 6.60. The lowest BCUT2D eigenvalue weighted by Crippen LogP contribution is -2.22. The Kier molecular flexibility index (Phi) is 4.32. The summed E-state index contributed by atoms with van der Waals surface area (Å²) >= 11 is 0. The fourth-order valence-electron chi connectivity index (χ4n) is 2.71. The van der Waals surface area contributed by atoms with Gasteiger partial charge in [-0.3, -0.25) is 9.48 Å². The monoisotopic (exact) mass is 279 g/mol. The van der Waals surface area contributed by atoms with Crippen LogP contribution in [0, 0.1) is 11.8 Å². The van der Waals surface area contributed by atoms with Gasteiger partial charge < -0.3 is 14.8 Å². The van der Waals surface area contributed by atoms with Crippen LogP contribution in [0.25, 0.3) is 0 Å². The molecular formula is C14H21N3O3. The summed E-state index contributed by atoms with van der Waals surface area (Å²) < 4.78 is 12.5. The molecule has 6 heteroatoms. The number of hydrogen-bond donors (Lipinski definition) is 1. The molecule has 0 saturated carbocycles. The molecule has 0 aliphatic carbocycles. The van der Waals surface area contributed by atoms with E-state index in [1.54, 1.807) is 6.20 Å². The Labute approximate surface area is 118 Å². The third-order valence-corrected chi connectivity index (χ3v) is 3.99. The lowest BCUT2D eigenvalue weighted by atomic mass is 10.0. The summed E-state index contributed by atoms with van der Waals surface area (Å²) in [6.45, 7) is 3.79. The van der Waals surface area contributed by atoms with Gasteiger partial charge in [0, 0.05) is 32.6 Å². The highest BCUT2D eigenvalue weighted by molar-refractivity contribution is 5.92. The van der Waals surface area contributed by atoms with Gasteiger partial charge in [-0.1, -0.05) is 0 Å². The Morgan fingerprint density at radius 1 is 1.30 bits per heavy atom. The molecule has 20 heavy (non-hydrogen) atoms. The minimum Gasteiger partial charge on any atom is -0.381 e. The molecule has 3 heterocycles. The van der Waals surface area contributed by atoms with E-state index in [1.807, 2.05) is 10.9 Å². The van der Waals surface area contributed by atoms with Gasteiger partial charge in [-0.05, 0) is 25.2 Å². The SMILES string of the molecule is O=C(Nc1cnn(CC2CCOCC2)c1)[C@@H]1CCOC1. The van der Waals surface area contributed by atoms with Gasteiger partial charge in [0.05, 0.1) is 24.4 Å². The van der Waals surface area contributed by atoms with Crippen molar-refractivity contribution in [3.8, 4) is 0 Å². The minimum absolute atomic E-state index is 0.0196. The van der Waals surface area contributed by atoms with Crippen LogP contribution in [-0.2, 0) is 20.8 Å². The number of nitrogens with zero attached hydrogens (tertiary/aromatic N) is 2. The van der Waals surface area contributed by atoms with Crippen molar-refractivity contribution in [2.45, 2.75) is 25.8 Å². The molecule has 0 unspecified atom stereocenters. The molecule has 1 N–H and O–H groups in total. The Morgan fingerprint density at radius 2 is 2.10 bits per heavy atom. The molecule has 0 radical (unpaired) electrons. The van der Waals surface area contributed by atoms with E-state index in [4.69, 9.17) is 9.47 Å². The Morgan fingerprint density at radius 3 is 2.85 bits per heavy atom. The van der Waals surface area contributed by atoms with Crippen LogP contribution < -0.4 is 5.32 Å². The van der Waals surface area contributed by atoms with Gasteiger partial charge in [0.15, 0.2) is 0 Å². The van der Waals surface area contributed by atoms with Crippen LogP contribution in [0.15, 0.2) is 12.4 Å². The second-order valence-electron chi connectivity index (χ2n) is 5.56. The molecular weight excluding hydrogens is 258 g/mol. The molecule has 2 saturated heterocycles. The van der Waals surface area contributed by atoms with Crippen molar-refractivity contribution in [3.05, 3.63) is 12.4 Å². The fourth-order valence-corrected chi connectivity index (χ4v) is 2.71. The summed E-state index contributed by atoms with van der Waals surface area (Å²) in [5, 5.41) is 7.23. The van der Waals surface area contributed by atoms with Crippen molar-refractivity contribution in [2.75, 3.05) is 31.7 Å². The number of anilines is 1. The maximum absolute atomic E-state index is 12.0. The number of aromatic nitrogens is 2. The van der Waals surface area contributed by atoms with Crippen LogP contribution in [0.4, 0.5) is 5.69 Å². The quantitative estimate of drug-likeness (QED) is 0.902. The fraction of sp³-hybridized carbons (Fsp3) is 0.714. The highest BCUT2D eigenvalue weighted by Crippen LogP contribution is 2.18. The lowest BCUT2D eigenvalue weighted by Gasteiger charge is -2.21. The lowest BCUT2D eigenvalue weighted by molar-refractivity contribution is -0.119. The Hall–Kier alpha value is -1.40. The van der Waals surface area contributed by atoms with Gasteiger partial charge in [-0.25, -0.2) is 0 Å². The first-order valence-corrected chi connectivity index (χ1v) is 7.30. The second-order valence-corrected chi connectivity index (χ2v) is 5.56. The number of nitrogens with one attached hydrogen (secondary N) is 1. The van der Waals surface area contributed by atoms with Crippen molar-refractivity contribution < 1.29 is 14.3 Å². The van der Waals surface area contributed by atoms with Crippen molar-refractivity contribution in [2.24, 2.45) is 11.8 Å². The zero-order chi connectivity index (χ0) is 13.8. The van der Waals surface area contributed by atoms with Crippen LogP contribution in [-0.4, -0.2) is 42.1 Å². The second kappa shape index (κ2) is 6.37. The van der Waals surface area contributed by atoms with Gasteiger partial charge in [-0.15, -0.1) is 0 Å². The molecule has 2 aliphatic rings. The molecule has 0 bridgehead atoms. The molecule has 1 amide bonds. The molecule has 2 fully saturated rings. The maximum atomic E-state index is 12.0. The van der Waals surface area contributed by atoms with Gasteiger partial charge >= 0.3 is 0 Å². The minimum atomic E-state index is -0.0196. The topological polar surface area (TPSA) is 65.4 Å². The number of hydrogen-bond acceptors (Lipinski definition) is 4. The molecule has 1 atom stereocenters. The molecule has 0 aromatic carbocycles. The van der Waals surface area contributed by atoms with E-state index in [2.05, 4.69) is 10.4 Å². The van der Waals surface area contributed by atoms with Gasteiger partial charge in [0.2, 0.25) is 5.91 Å². The van der Waals surface area contributed by atoms with Gasteiger partial charge in [-0.2, -0.15) is 5.10 Å². The van der Waals surface area contributed by atoms with E-state index in [0.717, 1.165) is 44.7 Å². The molecule has 3 rings (SSSR count). The van der Waals surface area contributed by atoms with E-state index in [9.17, 15) is 4.79 Å². The number of ether oxygens (including phenoxy) is 2. The van der Waals surface area contributed by atoms with Gasteiger partial charge in [0.1, 0.15) is 0 Å². The van der Waals surface area contributed by atoms with E-state index in [1.165, 1.54) is 0 Å². The first kappa shape index (κ1) is 13.6. The number of amides is 1. The molecule has 1 aromatic rings. The van der Waals surface area contributed by atoms with Crippen LogP contribution in [0.2, 0.25) is 0 Å². The van der Waals surface area contributed by atoms with E-state index in [-0.39, 0.29) is 11.8 Å². The molecule has 1 aromatic heterocycles. The normalized spacial score (nSPS) is 23.9. The number of rotatable bonds is 4. The Balaban J connectivity index is 1.52. The summed E-state index contributed by atoms with van der Waals surface area (Å²) in [6, 6.07) is 0. The van der Waals surface area contributed by atoms with E-state index >= 15 is 0 Å². The van der Waals surface area contributed by atoms with Crippen molar-refractivity contribution in [1.82, 2.24) is 9.78 Å². The number of carbonyl (C=O) groups excluding carboxylic acids is 1. The summed E-state index contributed by atoms with van der Waals surface area (Å²) in [5.74, 6) is 0.636. The standard InChI is InChI=1S/C14H21N3O3/c18-14(12-3-6-20-10-12)16-13-7-15-17(9-13)8-11-1-4-19-5-2-11/h7,9,11-12H,1-6,8,10H2,(H,16,18)/t12-/m1/s1. The van der Waals surface area contributed by atoms with E-state index < -0.39 is 0 Å². The Bertz CT molecular complexity index is 448. The third-order valence-electron chi connectivity index (χ3n) is 3.99. The maximum Gasteiger partial charge on any atom is 0.229 e. The first-order valence-electron chi connectivity index (χ1n) is 7.30. The zero-order valence-electron chi connectivity index (χ0n) is 11.6. The zero-order valence-corrected chi connectivity index (χ0v) is 11.6. The average Bonchev–Trinajstić information content (AvgIpc) is 3.11. The van der Waals surface area contributed by atoms with Crippen LogP contribution in [0.5, 0.6) is 0 Å². The van der Waals surface area contributed by atoms with Gasteiger partial charge in [0.25, 0.3) is 0 Å². The van der Waals surface area contributed by atoms with Crippen LogP contribution >= 0.6 is 0 Å². The summed E-state index contributed by atoms with van der Waals surface area (Å²) in [7, 11) is 0. The summed E-state index contributed by atoms with van der Waals surface area (Å²) in [5.41, 5.74) is 0.772. The van der Waals surface area contributed by atoms with Crippen LogP contribution in [0.1, 0.15) is 19.3 Å². The summed E-state index contributed by atoms with van der Waals surface area (Å²) in [4.78, 5) is 12.0. The van der Waals surface area contributed by atoms with Crippen molar-refractivity contribution >= 4 is 11.6 Å². The molecule has 6 nitrogen and oxygen atoms in total. The highest BCUT2D eigenvalue weighted by Gasteiger charge is 2.23. The molecule has 0 spiro atoms. The third kappa shape index (κ3) is 3.37. The predicted octanol–water partition coefficient (Wildman–Crippen LogP) is 1.28. The van der Waals surface area contributed by atoms with Crippen LogP contribution in [0.3, 0.4) is 0 Å². The molecule has 2 aliphatic heterocycles. The van der Waals surface area contributed by atoms with Crippen molar-refractivity contribution in [1.29, 1.82) is 0 Å². The smallest absolute Gasteiger partial charge is 0.229 e. The first-order chi connectivity index (χ1) is 9.81. The molecule has 110 valence electrons. The number of carbonyl (C=O) groups is 1. The largest absolute Gasteiger partial charge is 0.381 e. The van der Waals surface area contributed by atoms with Crippen molar-refractivity contribution in [3.63, 3.8) is 0 Å². The highest BCUT2D eigenvalue weighted by atomic mass is 16.5.